The lowest BCUT2D eigenvalue weighted by Crippen LogP contribution is -2.09. The summed E-state index contributed by atoms with van der Waals surface area (Å²) in [4.78, 5) is 15.3. The van der Waals surface area contributed by atoms with Crippen LogP contribution in [0.15, 0.2) is 12.4 Å². The normalized spacial score (nSPS) is 14.9. The zero-order valence-corrected chi connectivity index (χ0v) is 8.55. The minimum absolute atomic E-state index is 0.228. The number of ketones is 1. The Kier molecular flexibility index (Phi) is 2.62. The molecular weight excluding hydrogens is 174 g/mol. The van der Waals surface area contributed by atoms with Crippen LogP contribution in [0.1, 0.15) is 36.5 Å². The van der Waals surface area contributed by atoms with Crippen LogP contribution in [0.25, 0.3) is 0 Å². The van der Waals surface area contributed by atoms with Crippen LogP contribution in [-0.4, -0.2) is 10.8 Å². The summed E-state index contributed by atoms with van der Waals surface area (Å²) >= 11 is 0. The first-order valence-electron chi connectivity index (χ1n) is 5.21. The number of carbonyl (C=O) groups excluding carboxylic acids is 1. The van der Waals surface area contributed by atoms with Crippen molar-refractivity contribution in [3.63, 3.8) is 0 Å². The van der Waals surface area contributed by atoms with Crippen LogP contribution in [-0.2, 0) is 24.1 Å². The predicted molar refractivity (Wildman–Crippen MR) is 55.3 cm³/mol. The van der Waals surface area contributed by atoms with E-state index in [1.807, 2.05) is 12.4 Å². The predicted octanol–water partition coefficient (Wildman–Crippen LogP) is 2.09. The summed E-state index contributed by atoms with van der Waals surface area (Å²) in [6, 6.07) is 0. The second-order valence-corrected chi connectivity index (χ2v) is 4.02. The van der Waals surface area contributed by atoms with Crippen LogP contribution >= 0.6 is 0 Å². The molecule has 1 aromatic heterocycles. The first kappa shape index (κ1) is 9.38. The molecule has 1 aliphatic carbocycles. The number of aromatic nitrogens is 1. The summed E-state index contributed by atoms with van der Waals surface area (Å²) in [5.74, 6) is 0.228. The van der Waals surface area contributed by atoms with Gasteiger partial charge in [-0.25, -0.2) is 0 Å². The Labute approximate surface area is 84.4 Å². The first-order chi connectivity index (χ1) is 6.77. The molecular formula is C12H15NO. The Hall–Kier alpha value is -1.18. The molecule has 1 aliphatic rings. The van der Waals surface area contributed by atoms with Crippen molar-refractivity contribution < 1.29 is 4.79 Å². The highest BCUT2D eigenvalue weighted by Crippen LogP contribution is 2.23. The second kappa shape index (κ2) is 3.91. The van der Waals surface area contributed by atoms with Gasteiger partial charge in [0, 0.05) is 18.8 Å². The summed E-state index contributed by atoms with van der Waals surface area (Å²) in [5.41, 5.74) is 3.89. The molecule has 0 saturated carbocycles. The maximum absolute atomic E-state index is 11.1. The van der Waals surface area contributed by atoms with E-state index in [1.54, 1.807) is 6.92 Å². The Morgan fingerprint density at radius 3 is 2.93 bits per heavy atom. The standard InChI is InChI=1S/C12H15NO/c1-9(14)6-11-8-13-7-10-4-2-3-5-12(10)11/h7-8H,2-6H2,1H3. The van der Waals surface area contributed by atoms with Gasteiger partial charge in [-0.15, -0.1) is 0 Å². The highest BCUT2D eigenvalue weighted by atomic mass is 16.1. The van der Waals surface area contributed by atoms with E-state index >= 15 is 0 Å². The second-order valence-electron chi connectivity index (χ2n) is 4.02. The largest absolute Gasteiger partial charge is 0.300 e. The van der Waals surface area contributed by atoms with Crippen LogP contribution in [0, 0.1) is 0 Å². The number of nitrogens with zero attached hydrogens (tertiary/aromatic N) is 1. The van der Waals surface area contributed by atoms with Crippen molar-refractivity contribution in [2.75, 3.05) is 0 Å². The summed E-state index contributed by atoms with van der Waals surface area (Å²) < 4.78 is 0. The van der Waals surface area contributed by atoms with Crippen LogP contribution in [0.2, 0.25) is 0 Å². The molecule has 0 N–H and O–H groups in total. The minimum atomic E-state index is 0.228. The van der Waals surface area contributed by atoms with Crippen LogP contribution in [0.3, 0.4) is 0 Å². The third kappa shape index (κ3) is 1.84. The average molecular weight is 189 g/mol. The summed E-state index contributed by atoms with van der Waals surface area (Å²) in [5, 5.41) is 0. The maximum atomic E-state index is 11.1. The number of carbonyl (C=O) groups is 1. The number of hydrogen-bond donors (Lipinski definition) is 0. The van der Waals surface area contributed by atoms with Gasteiger partial charge in [0.05, 0.1) is 0 Å². The molecule has 0 aliphatic heterocycles. The van der Waals surface area contributed by atoms with Crippen molar-refractivity contribution in [1.29, 1.82) is 0 Å². The minimum Gasteiger partial charge on any atom is -0.300 e. The lowest BCUT2D eigenvalue weighted by atomic mass is 9.89. The van der Waals surface area contributed by atoms with Gasteiger partial charge in [0.15, 0.2) is 0 Å². The molecule has 0 bridgehead atoms. The smallest absolute Gasteiger partial charge is 0.134 e. The van der Waals surface area contributed by atoms with Crippen molar-refractivity contribution >= 4 is 5.78 Å². The van der Waals surface area contributed by atoms with Gasteiger partial charge >= 0.3 is 0 Å². The van der Waals surface area contributed by atoms with Crippen LogP contribution in [0.4, 0.5) is 0 Å². The Balaban J connectivity index is 2.35. The maximum Gasteiger partial charge on any atom is 0.134 e. The van der Waals surface area contributed by atoms with E-state index in [0.29, 0.717) is 6.42 Å². The van der Waals surface area contributed by atoms with Crippen molar-refractivity contribution in [1.82, 2.24) is 4.98 Å². The molecule has 0 fully saturated rings. The lowest BCUT2D eigenvalue weighted by Gasteiger charge is -2.17. The van der Waals surface area contributed by atoms with Gasteiger partial charge in [-0.2, -0.15) is 0 Å². The van der Waals surface area contributed by atoms with Crippen molar-refractivity contribution in [3.05, 3.63) is 29.1 Å². The van der Waals surface area contributed by atoms with Gasteiger partial charge < -0.3 is 0 Å². The molecule has 1 heterocycles. The van der Waals surface area contributed by atoms with E-state index in [4.69, 9.17) is 0 Å². The number of hydrogen-bond acceptors (Lipinski definition) is 2. The van der Waals surface area contributed by atoms with Crippen molar-refractivity contribution in [2.45, 2.75) is 39.0 Å². The van der Waals surface area contributed by atoms with E-state index in [1.165, 1.54) is 24.0 Å². The number of Topliss-reactive ketones (excluding diaryl/α,β-unsaturated/α-hetero) is 1. The number of pyridine rings is 1. The molecule has 1 aromatic rings. The average Bonchev–Trinajstić information content (AvgIpc) is 2.18. The summed E-state index contributed by atoms with van der Waals surface area (Å²) in [7, 11) is 0. The fourth-order valence-electron chi connectivity index (χ4n) is 2.15. The molecule has 0 unspecified atom stereocenters. The highest BCUT2D eigenvalue weighted by Gasteiger charge is 2.13. The molecule has 0 saturated heterocycles. The summed E-state index contributed by atoms with van der Waals surface area (Å²) in [6.07, 6.45) is 9.13. The van der Waals surface area contributed by atoms with Gasteiger partial charge in [-0.1, -0.05) is 0 Å². The first-order valence-corrected chi connectivity index (χ1v) is 5.21. The number of fused-ring (bicyclic) bond motifs is 1. The summed E-state index contributed by atoms with van der Waals surface area (Å²) in [6.45, 7) is 1.64. The van der Waals surface area contributed by atoms with Crippen LogP contribution in [0.5, 0.6) is 0 Å². The third-order valence-corrected chi connectivity index (χ3v) is 2.80. The fraction of sp³-hybridized carbons (Fsp3) is 0.500. The molecule has 2 nitrogen and oxygen atoms in total. The van der Waals surface area contributed by atoms with Crippen LogP contribution < -0.4 is 0 Å². The lowest BCUT2D eigenvalue weighted by molar-refractivity contribution is -0.116. The number of rotatable bonds is 2. The van der Waals surface area contributed by atoms with E-state index in [2.05, 4.69) is 4.98 Å². The fourth-order valence-corrected chi connectivity index (χ4v) is 2.15. The molecule has 14 heavy (non-hydrogen) atoms. The third-order valence-electron chi connectivity index (χ3n) is 2.80. The van der Waals surface area contributed by atoms with Gasteiger partial charge in [0.2, 0.25) is 0 Å². The molecule has 0 atom stereocenters. The quantitative estimate of drug-likeness (QED) is 0.713. The van der Waals surface area contributed by atoms with E-state index < -0.39 is 0 Å². The van der Waals surface area contributed by atoms with Crippen molar-refractivity contribution in [2.24, 2.45) is 0 Å². The van der Waals surface area contributed by atoms with Gasteiger partial charge in [-0.05, 0) is 49.3 Å². The zero-order chi connectivity index (χ0) is 9.97. The SMILES string of the molecule is CC(=O)Cc1cncc2c1CCCC2. The highest BCUT2D eigenvalue weighted by molar-refractivity contribution is 5.78. The Morgan fingerprint density at radius 1 is 1.36 bits per heavy atom. The van der Waals surface area contributed by atoms with Gasteiger partial charge in [-0.3, -0.25) is 9.78 Å². The molecule has 0 radical (unpaired) electrons. The van der Waals surface area contributed by atoms with E-state index in [0.717, 1.165) is 18.4 Å². The molecule has 74 valence electrons. The Bertz CT molecular complexity index is 357. The molecule has 0 amide bonds. The Morgan fingerprint density at radius 2 is 2.14 bits per heavy atom. The van der Waals surface area contributed by atoms with Crippen molar-refractivity contribution in [3.8, 4) is 0 Å². The van der Waals surface area contributed by atoms with Gasteiger partial charge in [0.1, 0.15) is 5.78 Å². The van der Waals surface area contributed by atoms with Gasteiger partial charge in [0.25, 0.3) is 0 Å². The zero-order valence-electron chi connectivity index (χ0n) is 8.55. The molecule has 2 heteroatoms. The molecule has 0 aromatic carbocycles. The monoisotopic (exact) mass is 189 g/mol. The number of aryl methyl sites for hydroxylation is 1. The van der Waals surface area contributed by atoms with E-state index in [-0.39, 0.29) is 5.78 Å². The van der Waals surface area contributed by atoms with E-state index in [9.17, 15) is 4.79 Å². The molecule has 2 rings (SSSR count). The molecule has 0 spiro atoms. The topological polar surface area (TPSA) is 30.0 Å².